The molecule has 1 N–H and O–H groups in total. The van der Waals surface area contributed by atoms with Gasteiger partial charge in [0.15, 0.2) is 11.3 Å². The van der Waals surface area contributed by atoms with Crippen LogP contribution in [0, 0.1) is 0 Å². The molecular weight excluding hydrogens is 468 g/mol. The Hall–Kier alpha value is -3.57. The molecule has 1 aromatic carbocycles. The van der Waals surface area contributed by atoms with E-state index in [-0.39, 0.29) is 34.0 Å². The van der Waals surface area contributed by atoms with Crippen molar-refractivity contribution in [2.75, 3.05) is 0 Å². The smallest absolute Gasteiger partial charge is 0.435 e. The van der Waals surface area contributed by atoms with Crippen molar-refractivity contribution >= 4 is 22.6 Å². The average molecular weight is 483 g/mol. The molecule has 1 amide bonds. The van der Waals surface area contributed by atoms with Gasteiger partial charge in [-0.1, -0.05) is 17.3 Å². The van der Waals surface area contributed by atoms with Crippen LogP contribution in [0.1, 0.15) is 46.4 Å². The van der Waals surface area contributed by atoms with Gasteiger partial charge in [-0.3, -0.25) is 4.79 Å². The Morgan fingerprint density at radius 3 is 2.56 bits per heavy atom. The van der Waals surface area contributed by atoms with Gasteiger partial charge in [-0.15, -0.1) is 0 Å². The molecule has 1 atom stereocenters. The summed E-state index contributed by atoms with van der Waals surface area (Å²) < 4.78 is 87.4. The van der Waals surface area contributed by atoms with Crippen LogP contribution in [0.15, 0.2) is 52.4 Å². The van der Waals surface area contributed by atoms with Crippen LogP contribution in [-0.4, -0.2) is 28.8 Å². The van der Waals surface area contributed by atoms with E-state index in [2.05, 4.69) is 15.5 Å². The van der Waals surface area contributed by atoms with Gasteiger partial charge in [0.2, 0.25) is 0 Å². The molecule has 2 aliphatic rings. The number of fused-ring (bicyclic) bond motifs is 1. The Bertz CT molecular complexity index is 1310. The van der Waals surface area contributed by atoms with E-state index in [1.54, 1.807) is 0 Å². The average Bonchev–Trinajstić information content (AvgIpc) is 3.25. The van der Waals surface area contributed by atoms with E-state index in [9.17, 15) is 31.1 Å². The number of carbonyl (C=O) groups is 1. The fourth-order valence-electron chi connectivity index (χ4n) is 3.83. The summed E-state index contributed by atoms with van der Waals surface area (Å²) in [7, 11) is 0. The van der Waals surface area contributed by atoms with E-state index < -0.39 is 41.4 Å². The van der Waals surface area contributed by atoms with E-state index in [0.717, 1.165) is 25.0 Å². The van der Waals surface area contributed by atoms with Crippen molar-refractivity contribution in [3.8, 4) is 0 Å². The number of halogens is 6. The standard InChI is InChI=1S/C22H15F6N3O3/c23-21(24,25)12-3-1-2-11(8-12)20(22(26,27)28)9-16(31-34-20)15-10-29-17(18-14(15)6-7-33-18)19(32)30-13-4-5-13/h1-3,6-8,10,13H,4-5,9H2,(H,30,32). The van der Waals surface area contributed by atoms with Crippen LogP contribution in [0.5, 0.6) is 0 Å². The zero-order valence-corrected chi connectivity index (χ0v) is 17.1. The lowest BCUT2D eigenvalue weighted by Crippen LogP contribution is -2.42. The number of nitrogens with zero attached hydrogens (tertiary/aromatic N) is 2. The molecule has 34 heavy (non-hydrogen) atoms. The summed E-state index contributed by atoms with van der Waals surface area (Å²) in [6.45, 7) is 0. The summed E-state index contributed by atoms with van der Waals surface area (Å²) in [5.74, 6) is -0.479. The first-order chi connectivity index (χ1) is 16.0. The highest BCUT2D eigenvalue weighted by atomic mass is 19.4. The second-order valence-electron chi connectivity index (χ2n) is 8.14. The lowest BCUT2D eigenvalue weighted by molar-refractivity contribution is -0.276. The highest BCUT2D eigenvalue weighted by Gasteiger charge is 2.62. The highest BCUT2D eigenvalue weighted by molar-refractivity contribution is 6.14. The number of hydrogen-bond donors (Lipinski definition) is 1. The number of alkyl halides is 6. The molecule has 0 bridgehead atoms. The molecule has 1 fully saturated rings. The largest absolute Gasteiger partial charge is 0.462 e. The lowest BCUT2D eigenvalue weighted by Gasteiger charge is -2.30. The number of furan rings is 1. The quantitative estimate of drug-likeness (QED) is 0.510. The van der Waals surface area contributed by atoms with Crippen LogP contribution < -0.4 is 5.32 Å². The SMILES string of the molecule is O=C(NC1CC1)c1ncc(C2=NOC(c3cccc(C(F)(F)F)c3)(C(F)(F)F)C2)c2ccoc12. The van der Waals surface area contributed by atoms with E-state index in [4.69, 9.17) is 9.25 Å². The zero-order chi connectivity index (χ0) is 24.3. The molecule has 3 aromatic rings. The third kappa shape index (κ3) is 3.66. The maximum Gasteiger partial charge on any atom is 0.435 e. The predicted octanol–water partition coefficient (Wildman–Crippen LogP) is 5.32. The van der Waals surface area contributed by atoms with Gasteiger partial charge in [0.1, 0.15) is 0 Å². The Labute approximate surface area is 187 Å². The van der Waals surface area contributed by atoms with Crippen molar-refractivity contribution < 1.29 is 40.4 Å². The number of oxime groups is 1. The Morgan fingerprint density at radius 1 is 1.12 bits per heavy atom. The molecule has 1 unspecified atom stereocenters. The molecule has 0 spiro atoms. The second-order valence-corrected chi connectivity index (χ2v) is 8.14. The van der Waals surface area contributed by atoms with Gasteiger partial charge < -0.3 is 14.6 Å². The van der Waals surface area contributed by atoms with E-state index in [1.807, 2.05) is 0 Å². The summed E-state index contributed by atoms with van der Waals surface area (Å²) in [6, 6.07) is 4.37. The summed E-state index contributed by atoms with van der Waals surface area (Å²) >= 11 is 0. The third-order valence-electron chi connectivity index (χ3n) is 5.77. The first-order valence-corrected chi connectivity index (χ1v) is 10.2. The van der Waals surface area contributed by atoms with Crippen molar-refractivity contribution in [3.63, 3.8) is 0 Å². The van der Waals surface area contributed by atoms with E-state index in [1.165, 1.54) is 18.5 Å². The molecule has 1 saturated carbocycles. The molecule has 178 valence electrons. The molecule has 1 aliphatic heterocycles. The highest BCUT2D eigenvalue weighted by Crippen LogP contribution is 2.50. The topological polar surface area (TPSA) is 76.7 Å². The Balaban J connectivity index is 1.53. The van der Waals surface area contributed by atoms with Crippen molar-refractivity contribution in [2.45, 2.75) is 43.3 Å². The second kappa shape index (κ2) is 7.47. The first-order valence-electron chi connectivity index (χ1n) is 10.2. The minimum atomic E-state index is -5.09. The predicted molar refractivity (Wildman–Crippen MR) is 106 cm³/mol. The van der Waals surface area contributed by atoms with Gasteiger partial charge in [0, 0.05) is 28.8 Å². The molecule has 1 aliphatic carbocycles. The number of rotatable bonds is 4. The molecule has 12 heteroatoms. The number of amides is 1. The molecule has 2 aromatic heterocycles. The summed E-state index contributed by atoms with van der Waals surface area (Å²) in [4.78, 5) is 21.4. The lowest BCUT2D eigenvalue weighted by atomic mass is 9.85. The summed E-state index contributed by atoms with van der Waals surface area (Å²) in [6.07, 6.45) is -6.70. The maximum atomic E-state index is 14.2. The number of benzene rings is 1. The number of hydrogen-bond acceptors (Lipinski definition) is 5. The van der Waals surface area contributed by atoms with E-state index >= 15 is 0 Å². The van der Waals surface area contributed by atoms with Crippen LogP contribution in [0.2, 0.25) is 0 Å². The van der Waals surface area contributed by atoms with Crippen LogP contribution in [0.4, 0.5) is 26.3 Å². The van der Waals surface area contributed by atoms with Crippen LogP contribution >= 0.6 is 0 Å². The van der Waals surface area contributed by atoms with Gasteiger partial charge in [-0.2, -0.15) is 26.3 Å². The normalized spacial score (nSPS) is 20.8. The molecule has 6 nitrogen and oxygen atoms in total. The zero-order valence-electron chi connectivity index (χ0n) is 17.1. The van der Waals surface area contributed by atoms with Crippen molar-refractivity contribution in [1.29, 1.82) is 0 Å². The number of pyridine rings is 1. The molecule has 3 heterocycles. The van der Waals surface area contributed by atoms with Gasteiger partial charge in [0.05, 0.1) is 24.0 Å². The van der Waals surface area contributed by atoms with Gasteiger partial charge in [0.25, 0.3) is 11.5 Å². The van der Waals surface area contributed by atoms with Crippen molar-refractivity contribution in [3.05, 3.63) is 65.2 Å². The van der Waals surface area contributed by atoms with Crippen molar-refractivity contribution in [2.24, 2.45) is 5.16 Å². The van der Waals surface area contributed by atoms with Gasteiger partial charge in [-0.05, 0) is 31.0 Å². The molecule has 0 radical (unpaired) electrons. The van der Waals surface area contributed by atoms with Crippen molar-refractivity contribution in [1.82, 2.24) is 10.3 Å². The van der Waals surface area contributed by atoms with Gasteiger partial charge >= 0.3 is 12.4 Å². The first kappa shape index (κ1) is 22.2. The molecular formula is C22H15F6N3O3. The fraction of sp³-hybridized carbons (Fsp3) is 0.318. The van der Waals surface area contributed by atoms with Crippen LogP contribution in [-0.2, 0) is 16.6 Å². The Morgan fingerprint density at radius 2 is 1.88 bits per heavy atom. The monoisotopic (exact) mass is 483 g/mol. The molecule has 0 saturated heterocycles. The minimum absolute atomic E-state index is 0.0323. The number of nitrogens with one attached hydrogen (secondary N) is 1. The minimum Gasteiger partial charge on any atom is -0.462 e. The van der Waals surface area contributed by atoms with Crippen LogP contribution in [0.25, 0.3) is 11.0 Å². The summed E-state index contributed by atoms with van der Waals surface area (Å²) in [5.41, 5.74) is -5.15. The van der Waals surface area contributed by atoms with Gasteiger partial charge in [-0.25, -0.2) is 4.98 Å². The fourth-order valence-corrected chi connectivity index (χ4v) is 3.83. The maximum absolute atomic E-state index is 14.2. The summed E-state index contributed by atoms with van der Waals surface area (Å²) in [5, 5.41) is 6.62. The third-order valence-corrected chi connectivity index (χ3v) is 5.77. The number of carbonyl (C=O) groups excluding carboxylic acids is 1. The number of aromatic nitrogens is 1. The van der Waals surface area contributed by atoms with E-state index in [0.29, 0.717) is 12.1 Å². The molecule has 5 rings (SSSR count). The van der Waals surface area contributed by atoms with Crippen LogP contribution in [0.3, 0.4) is 0 Å². The Kier molecular flexibility index (Phi) is 4.88.